The fraction of sp³-hybridized carbons (Fsp3) is 0.571. The van der Waals surface area contributed by atoms with Crippen LogP contribution in [0.1, 0.15) is 63.4 Å². The lowest BCUT2D eigenvalue weighted by atomic mass is 9.86. The van der Waals surface area contributed by atoms with Gasteiger partial charge < -0.3 is 10.2 Å². The molecule has 3 rings (SSSR count). The van der Waals surface area contributed by atoms with Gasteiger partial charge in [-0.25, -0.2) is 4.79 Å². The van der Waals surface area contributed by atoms with Gasteiger partial charge in [0.05, 0.1) is 0 Å². The van der Waals surface area contributed by atoms with E-state index in [-0.39, 0.29) is 29.3 Å². The summed E-state index contributed by atoms with van der Waals surface area (Å²) in [7, 11) is 0. The van der Waals surface area contributed by atoms with E-state index in [1.165, 1.54) is 10.5 Å². The van der Waals surface area contributed by atoms with Crippen molar-refractivity contribution >= 4 is 17.8 Å². The summed E-state index contributed by atoms with van der Waals surface area (Å²) in [5, 5.41) is 2.87. The molecule has 2 heterocycles. The molecule has 0 aliphatic carbocycles. The topological polar surface area (TPSA) is 69.7 Å². The van der Waals surface area contributed by atoms with E-state index in [9.17, 15) is 14.4 Å². The summed E-state index contributed by atoms with van der Waals surface area (Å²) in [5.41, 5.74) is 1.03. The highest BCUT2D eigenvalue weighted by molar-refractivity contribution is 6.07. The minimum absolute atomic E-state index is 0.0252. The molecule has 2 fully saturated rings. The Hall–Kier alpha value is -2.37. The van der Waals surface area contributed by atoms with Crippen LogP contribution >= 0.6 is 0 Å². The molecular formula is C21H29N3O3. The second-order valence-electron chi connectivity index (χ2n) is 8.90. The number of likely N-dealkylation sites (tertiary alicyclic amines) is 1. The van der Waals surface area contributed by atoms with E-state index in [0.717, 1.165) is 0 Å². The van der Waals surface area contributed by atoms with Crippen molar-refractivity contribution in [1.29, 1.82) is 0 Å². The van der Waals surface area contributed by atoms with Gasteiger partial charge in [-0.3, -0.25) is 14.5 Å². The first-order valence-corrected chi connectivity index (χ1v) is 9.61. The van der Waals surface area contributed by atoms with Gasteiger partial charge in [-0.1, -0.05) is 32.9 Å². The number of rotatable bonds is 2. The van der Waals surface area contributed by atoms with Crippen LogP contribution < -0.4 is 5.32 Å². The fourth-order valence-electron chi connectivity index (χ4n) is 3.84. The Morgan fingerprint density at radius 1 is 1.07 bits per heavy atom. The van der Waals surface area contributed by atoms with Crippen LogP contribution in [0.5, 0.6) is 0 Å². The number of carbonyl (C=O) groups excluding carboxylic acids is 3. The van der Waals surface area contributed by atoms with Crippen LogP contribution in [0, 0.1) is 0 Å². The summed E-state index contributed by atoms with van der Waals surface area (Å²) in [6.07, 6.45) is 0.902. The third-order valence-corrected chi connectivity index (χ3v) is 5.61. The second kappa shape index (κ2) is 6.66. The molecule has 0 atom stereocenters. The van der Waals surface area contributed by atoms with Crippen molar-refractivity contribution in [2.45, 2.75) is 64.5 Å². The van der Waals surface area contributed by atoms with Gasteiger partial charge in [-0.2, -0.15) is 0 Å². The van der Waals surface area contributed by atoms with E-state index in [2.05, 4.69) is 26.1 Å². The van der Waals surface area contributed by atoms with Gasteiger partial charge >= 0.3 is 6.03 Å². The van der Waals surface area contributed by atoms with Crippen LogP contribution in [0.15, 0.2) is 24.3 Å². The van der Waals surface area contributed by atoms with E-state index < -0.39 is 5.54 Å². The quantitative estimate of drug-likeness (QED) is 0.813. The SMILES string of the molecule is CC(C)N1C(=O)NC2(CCN(C(=O)c3ccc(C(C)(C)C)cc3)CC2)C1=O. The van der Waals surface area contributed by atoms with Crippen LogP contribution in [0.4, 0.5) is 4.79 Å². The van der Waals surface area contributed by atoms with Gasteiger partial charge in [0.15, 0.2) is 0 Å². The number of hydrogen-bond donors (Lipinski definition) is 1. The molecule has 0 radical (unpaired) electrons. The average molecular weight is 371 g/mol. The first kappa shape index (κ1) is 19.4. The summed E-state index contributed by atoms with van der Waals surface area (Å²) in [6, 6.07) is 7.25. The number of amides is 4. The van der Waals surface area contributed by atoms with Crippen molar-refractivity contribution in [1.82, 2.24) is 15.1 Å². The van der Waals surface area contributed by atoms with Crippen LogP contribution in [0.25, 0.3) is 0 Å². The highest BCUT2D eigenvalue weighted by atomic mass is 16.2. The van der Waals surface area contributed by atoms with Crippen molar-refractivity contribution in [3.8, 4) is 0 Å². The molecule has 1 spiro atoms. The Labute approximate surface area is 160 Å². The monoisotopic (exact) mass is 371 g/mol. The van der Waals surface area contributed by atoms with E-state index in [1.54, 1.807) is 4.90 Å². The molecule has 146 valence electrons. The Kier molecular flexibility index (Phi) is 4.78. The smallest absolute Gasteiger partial charge is 0.325 e. The van der Waals surface area contributed by atoms with Gasteiger partial charge in [-0.15, -0.1) is 0 Å². The third kappa shape index (κ3) is 3.45. The molecule has 2 aliphatic heterocycles. The standard InChI is InChI=1S/C21H29N3O3/c1-14(2)24-18(26)21(22-19(24)27)10-12-23(13-11-21)17(25)15-6-8-16(9-7-15)20(3,4)5/h6-9,14H,10-13H2,1-5H3,(H,22,27). The Balaban J connectivity index is 1.68. The zero-order valence-corrected chi connectivity index (χ0v) is 16.8. The molecule has 27 heavy (non-hydrogen) atoms. The Morgan fingerprint density at radius 3 is 2.07 bits per heavy atom. The number of nitrogens with one attached hydrogen (secondary N) is 1. The van der Waals surface area contributed by atoms with Crippen molar-refractivity contribution in [2.24, 2.45) is 0 Å². The van der Waals surface area contributed by atoms with E-state index in [4.69, 9.17) is 0 Å². The average Bonchev–Trinajstić information content (AvgIpc) is 2.84. The normalized spacial score (nSPS) is 19.8. The van der Waals surface area contributed by atoms with Crippen LogP contribution in [0.3, 0.4) is 0 Å². The van der Waals surface area contributed by atoms with E-state index >= 15 is 0 Å². The van der Waals surface area contributed by atoms with Crippen LogP contribution in [-0.2, 0) is 10.2 Å². The zero-order chi connectivity index (χ0) is 20.0. The Morgan fingerprint density at radius 2 is 1.63 bits per heavy atom. The molecular weight excluding hydrogens is 342 g/mol. The van der Waals surface area contributed by atoms with Gasteiger partial charge in [0, 0.05) is 24.7 Å². The molecule has 6 nitrogen and oxygen atoms in total. The Bertz CT molecular complexity index is 754. The maximum atomic E-state index is 12.8. The molecule has 0 saturated carbocycles. The number of piperidine rings is 1. The first-order valence-electron chi connectivity index (χ1n) is 9.61. The predicted octanol–water partition coefficient (Wildman–Crippen LogP) is 2.92. The summed E-state index contributed by atoms with van der Waals surface area (Å²) in [5.74, 6) is -0.188. The van der Waals surface area contributed by atoms with Gasteiger partial charge in [0.1, 0.15) is 5.54 Å². The number of carbonyl (C=O) groups is 3. The van der Waals surface area contributed by atoms with E-state index in [0.29, 0.717) is 31.5 Å². The summed E-state index contributed by atoms with van der Waals surface area (Å²) >= 11 is 0. The summed E-state index contributed by atoms with van der Waals surface area (Å²) in [6.45, 7) is 11.0. The lowest BCUT2D eigenvalue weighted by Gasteiger charge is -2.37. The minimum atomic E-state index is -0.853. The molecule has 2 saturated heterocycles. The second-order valence-corrected chi connectivity index (χ2v) is 8.90. The number of imide groups is 1. The molecule has 6 heteroatoms. The molecule has 0 aromatic heterocycles. The highest BCUT2D eigenvalue weighted by Gasteiger charge is 2.53. The fourth-order valence-corrected chi connectivity index (χ4v) is 3.84. The zero-order valence-electron chi connectivity index (χ0n) is 16.8. The number of nitrogens with zero attached hydrogens (tertiary/aromatic N) is 2. The van der Waals surface area contributed by atoms with Crippen molar-refractivity contribution < 1.29 is 14.4 Å². The maximum Gasteiger partial charge on any atom is 0.325 e. The first-order chi connectivity index (χ1) is 12.5. The lowest BCUT2D eigenvalue weighted by Crippen LogP contribution is -2.56. The number of hydrogen-bond acceptors (Lipinski definition) is 3. The van der Waals surface area contributed by atoms with Crippen molar-refractivity contribution in [3.63, 3.8) is 0 Å². The maximum absolute atomic E-state index is 12.8. The molecule has 2 aliphatic rings. The molecule has 1 aromatic carbocycles. The van der Waals surface area contributed by atoms with Gasteiger partial charge in [0.25, 0.3) is 11.8 Å². The minimum Gasteiger partial charge on any atom is -0.338 e. The lowest BCUT2D eigenvalue weighted by molar-refractivity contribution is -0.133. The molecule has 4 amide bonds. The summed E-state index contributed by atoms with van der Waals surface area (Å²) < 4.78 is 0. The third-order valence-electron chi connectivity index (χ3n) is 5.61. The van der Waals surface area contributed by atoms with Crippen molar-refractivity contribution in [3.05, 3.63) is 35.4 Å². The summed E-state index contributed by atoms with van der Waals surface area (Å²) in [4.78, 5) is 40.8. The van der Waals surface area contributed by atoms with Crippen LogP contribution in [-0.4, -0.2) is 52.3 Å². The predicted molar refractivity (Wildman–Crippen MR) is 104 cm³/mol. The van der Waals surface area contributed by atoms with Crippen LogP contribution in [0.2, 0.25) is 0 Å². The molecule has 0 unspecified atom stereocenters. The number of urea groups is 1. The van der Waals surface area contributed by atoms with Gasteiger partial charge in [0.2, 0.25) is 0 Å². The number of benzene rings is 1. The molecule has 0 bridgehead atoms. The largest absolute Gasteiger partial charge is 0.338 e. The van der Waals surface area contributed by atoms with Crippen molar-refractivity contribution in [2.75, 3.05) is 13.1 Å². The van der Waals surface area contributed by atoms with Gasteiger partial charge in [-0.05, 0) is 49.8 Å². The van der Waals surface area contributed by atoms with E-state index in [1.807, 2.05) is 38.1 Å². The molecule has 1 N–H and O–H groups in total. The highest BCUT2D eigenvalue weighted by Crippen LogP contribution is 2.31. The molecule has 1 aromatic rings.